The molecule has 0 saturated carbocycles. The topological polar surface area (TPSA) is 90.1 Å². The maximum Gasteiger partial charge on any atom is 0.230 e. The van der Waals surface area contributed by atoms with E-state index in [0.717, 1.165) is 28.8 Å². The van der Waals surface area contributed by atoms with E-state index in [-0.39, 0.29) is 6.04 Å². The molecule has 4 rings (SSSR count). The summed E-state index contributed by atoms with van der Waals surface area (Å²) in [5.74, 6) is 2.51. The molecule has 1 saturated heterocycles. The molecule has 1 aliphatic heterocycles. The van der Waals surface area contributed by atoms with Crippen LogP contribution in [0.25, 0.3) is 11.5 Å². The Morgan fingerprint density at radius 3 is 2.88 bits per heavy atom. The summed E-state index contributed by atoms with van der Waals surface area (Å²) in [5, 5.41) is 4.12. The fourth-order valence-corrected chi connectivity index (χ4v) is 3.39. The van der Waals surface area contributed by atoms with E-state index in [0.29, 0.717) is 23.3 Å². The summed E-state index contributed by atoms with van der Waals surface area (Å²) in [5.41, 5.74) is 0.628. The van der Waals surface area contributed by atoms with Crippen LogP contribution >= 0.6 is 22.6 Å². The number of anilines is 1. The van der Waals surface area contributed by atoms with Gasteiger partial charge >= 0.3 is 0 Å². The minimum absolute atomic E-state index is 0.0351. The van der Waals surface area contributed by atoms with Gasteiger partial charge in [-0.2, -0.15) is 4.98 Å². The summed E-state index contributed by atoms with van der Waals surface area (Å²) in [6, 6.07) is 5.50. The van der Waals surface area contributed by atoms with Crippen molar-refractivity contribution >= 4 is 28.5 Å². The highest BCUT2D eigenvalue weighted by Gasteiger charge is 2.32. The molecule has 25 heavy (non-hydrogen) atoms. The first-order valence-corrected chi connectivity index (χ1v) is 8.91. The molecule has 3 aromatic rings. The molecule has 3 aromatic heterocycles. The van der Waals surface area contributed by atoms with Gasteiger partial charge in [0, 0.05) is 31.1 Å². The second kappa shape index (κ2) is 6.90. The minimum Gasteiger partial charge on any atom is -0.481 e. The third-order valence-corrected chi connectivity index (χ3v) is 4.58. The third-order valence-electron chi connectivity index (χ3n) is 4.03. The number of rotatable bonds is 4. The molecule has 0 aliphatic carbocycles. The lowest BCUT2D eigenvalue weighted by Gasteiger charge is -2.22. The summed E-state index contributed by atoms with van der Waals surface area (Å²) in [4.78, 5) is 19.6. The summed E-state index contributed by atoms with van der Waals surface area (Å²) >= 11 is 2.16. The first-order valence-electron chi connectivity index (χ1n) is 7.84. The highest BCUT2D eigenvalue weighted by atomic mass is 127. The molecule has 4 heterocycles. The van der Waals surface area contributed by atoms with Crippen LogP contribution in [0.4, 0.5) is 5.95 Å². The molecule has 0 amide bonds. The van der Waals surface area contributed by atoms with Gasteiger partial charge < -0.3 is 14.2 Å². The van der Waals surface area contributed by atoms with Crippen LogP contribution in [0.1, 0.15) is 24.6 Å². The number of hydrogen-bond acceptors (Lipinski definition) is 8. The number of ether oxygens (including phenoxy) is 1. The smallest absolute Gasteiger partial charge is 0.230 e. The molecular formula is C16H15IN6O2. The van der Waals surface area contributed by atoms with Crippen LogP contribution in [0.2, 0.25) is 0 Å². The maximum absolute atomic E-state index is 5.58. The summed E-state index contributed by atoms with van der Waals surface area (Å²) in [6.07, 6.45) is 5.34. The third kappa shape index (κ3) is 3.28. The quantitative estimate of drug-likeness (QED) is 0.443. The average molecular weight is 450 g/mol. The Labute approximate surface area is 157 Å². The van der Waals surface area contributed by atoms with Gasteiger partial charge in [-0.3, -0.25) is 0 Å². The van der Waals surface area contributed by atoms with Crippen LogP contribution in [-0.2, 0) is 0 Å². The van der Waals surface area contributed by atoms with Gasteiger partial charge in [-0.25, -0.2) is 15.0 Å². The minimum atomic E-state index is 0.0351. The lowest BCUT2D eigenvalue weighted by molar-refractivity contribution is 0.361. The summed E-state index contributed by atoms with van der Waals surface area (Å²) < 4.78 is 11.7. The predicted molar refractivity (Wildman–Crippen MR) is 98.2 cm³/mol. The number of hydrogen-bond donors (Lipinski definition) is 0. The van der Waals surface area contributed by atoms with E-state index < -0.39 is 0 Å². The van der Waals surface area contributed by atoms with Crippen LogP contribution in [0, 0.1) is 3.70 Å². The monoisotopic (exact) mass is 450 g/mol. The number of methoxy groups -OCH3 is 1. The van der Waals surface area contributed by atoms with Gasteiger partial charge in [-0.15, -0.1) is 0 Å². The number of aromatic nitrogens is 5. The van der Waals surface area contributed by atoms with Crippen molar-refractivity contribution in [3.05, 3.63) is 40.1 Å². The molecule has 0 bridgehead atoms. The number of halogens is 1. The Balaban J connectivity index is 1.64. The van der Waals surface area contributed by atoms with E-state index in [1.807, 2.05) is 6.07 Å². The van der Waals surface area contributed by atoms with E-state index in [4.69, 9.17) is 9.26 Å². The second-order valence-corrected chi connectivity index (χ2v) is 6.68. The van der Waals surface area contributed by atoms with E-state index in [2.05, 4.69) is 52.6 Å². The standard InChI is InChI=1S/C16H15IN6O2/c1-24-14-9-13(17)20-16(21-14)23-7-2-4-11(23)12-8-10(22-25-12)15-18-5-3-6-19-15/h3,5-6,8-9,11H,2,4,7H2,1H3/t11-/m0/s1. The first kappa shape index (κ1) is 16.2. The van der Waals surface area contributed by atoms with Gasteiger partial charge in [0.2, 0.25) is 11.8 Å². The predicted octanol–water partition coefficient (Wildman–Crippen LogP) is 2.88. The number of nitrogens with zero attached hydrogens (tertiary/aromatic N) is 6. The van der Waals surface area contributed by atoms with Gasteiger partial charge in [-0.05, 0) is 41.5 Å². The van der Waals surface area contributed by atoms with Crippen molar-refractivity contribution in [3.63, 3.8) is 0 Å². The summed E-state index contributed by atoms with van der Waals surface area (Å²) in [6.45, 7) is 0.853. The zero-order chi connectivity index (χ0) is 17.2. The second-order valence-electron chi connectivity index (χ2n) is 5.57. The van der Waals surface area contributed by atoms with Crippen LogP contribution in [0.15, 0.2) is 35.1 Å². The highest BCUT2D eigenvalue weighted by molar-refractivity contribution is 14.1. The van der Waals surface area contributed by atoms with Gasteiger partial charge in [-0.1, -0.05) is 5.16 Å². The van der Waals surface area contributed by atoms with E-state index in [9.17, 15) is 0 Å². The van der Waals surface area contributed by atoms with Crippen molar-refractivity contribution in [3.8, 4) is 17.4 Å². The Bertz CT molecular complexity index is 872. The first-order chi connectivity index (χ1) is 12.2. The highest BCUT2D eigenvalue weighted by Crippen LogP contribution is 2.36. The largest absolute Gasteiger partial charge is 0.481 e. The van der Waals surface area contributed by atoms with Crippen LogP contribution in [0.5, 0.6) is 5.88 Å². The van der Waals surface area contributed by atoms with Crippen LogP contribution < -0.4 is 9.64 Å². The van der Waals surface area contributed by atoms with E-state index in [1.54, 1.807) is 31.6 Å². The normalized spacial score (nSPS) is 17.0. The molecule has 0 N–H and O–H groups in total. The molecule has 1 aliphatic rings. The average Bonchev–Trinajstić information content (AvgIpc) is 3.31. The van der Waals surface area contributed by atoms with Gasteiger partial charge in [0.05, 0.1) is 13.2 Å². The molecule has 0 spiro atoms. The zero-order valence-corrected chi connectivity index (χ0v) is 15.6. The SMILES string of the molecule is COc1cc(I)nc(N2CCC[C@H]2c2cc(-c3ncccn3)no2)n1. The van der Waals surface area contributed by atoms with E-state index >= 15 is 0 Å². The molecular weight excluding hydrogens is 435 g/mol. The molecule has 8 nitrogen and oxygen atoms in total. The van der Waals surface area contributed by atoms with E-state index in [1.165, 1.54) is 0 Å². The molecule has 1 atom stereocenters. The molecule has 0 radical (unpaired) electrons. The van der Waals surface area contributed by atoms with Crippen LogP contribution in [0.3, 0.4) is 0 Å². The molecule has 0 aromatic carbocycles. The van der Waals surface area contributed by atoms with Crippen LogP contribution in [-0.4, -0.2) is 38.7 Å². The Kier molecular flexibility index (Phi) is 4.47. The van der Waals surface area contributed by atoms with Crippen molar-refractivity contribution < 1.29 is 9.26 Å². The lowest BCUT2D eigenvalue weighted by atomic mass is 10.1. The fourth-order valence-electron chi connectivity index (χ4n) is 2.90. The molecule has 0 unspecified atom stereocenters. The molecule has 9 heteroatoms. The Morgan fingerprint density at radius 2 is 2.08 bits per heavy atom. The van der Waals surface area contributed by atoms with Gasteiger partial charge in [0.15, 0.2) is 17.3 Å². The van der Waals surface area contributed by atoms with Gasteiger partial charge in [0.1, 0.15) is 3.70 Å². The summed E-state index contributed by atoms with van der Waals surface area (Å²) in [7, 11) is 1.60. The lowest BCUT2D eigenvalue weighted by Crippen LogP contribution is -2.24. The molecule has 1 fully saturated rings. The molecule has 128 valence electrons. The van der Waals surface area contributed by atoms with Crippen molar-refractivity contribution in [2.75, 3.05) is 18.6 Å². The zero-order valence-electron chi connectivity index (χ0n) is 13.5. The van der Waals surface area contributed by atoms with Crippen molar-refractivity contribution in [1.29, 1.82) is 0 Å². The van der Waals surface area contributed by atoms with Crippen molar-refractivity contribution in [2.24, 2.45) is 0 Å². The fraction of sp³-hybridized carbons (Fsp3) is 0.312. The Hall–Kier alpha value is -2.30. The Morgan fingerprint density at radius 1 is 1.24 bits per heavy atom. The maximum atomic E-state index is 5.58. The van der Waals surface area contributed by atoms with Crippen molar-refractivity contribution in [1.82, 2.24) is 25.1 Å². The van der Waals surface area contributed by atoms with Crippen molar-refractivity contribution in [2.45, 2.75) is 18.9 Å². The van der Waals surface area contributed by atoms with Gasteiger partial charge in [0.25, 0.3) is 0 Å².